The Morgan fingerprint density at radius 2 is 2.00 bits per heavy atom. The van der Waals surface area contributed by atoms with Gasteiger partial charge >= 0.3 is 0 Å². The summed E-state index contributed by atoms with van der Waals surface area (Å²) in [6.45, 7) is 1.75. The monoisotopic (exact) mass is 246 g/mol. The summed E-state index contributed by atoms with van der Waals surface area (Å²) in [4.78, 5) is 12.0. The van der Waals surface area contributed by atoms with Gasteiger partial charge < -0.3 is 5.73 Å². The van der Waals surface area contributed by atoms with E-state index in [9.17, 15) is 13.2 Å². The molecule has 0 aromatic heterocycles. The lowest BCUT2D eigenvalue weighted by atomic mass is 9.85. The maximum Gasteiger partial charge on any atom is 0.240 e. The molecule has 0 radical (unpaired) electrons. The Kier molecular flexibility index (Phi) is 2.74. The Morgan fingerprint density at radius 3 is 2.44 bits per heavy atom. The van der Waals surface area contributed by atoms with E-state index in [1.165, 1.54) is 0 Å². The van der Waals surface area contributed by atoms with E-state index in [1.54, 1.807) is 6.92 Å². The standard InChI is InChI=1S/C10H18N2O3S/c1-10(6-2-3-8(10)11)9(13)12-16(14,15)7-4-5-7/h7-8H,2-6,11H2,1H3,(H,12,13). The average molecular weight is 246 g/mol. The molecule has 0 aliphatic heterocycles. The van der Waals surface area contributed by atoms with Crippen LogP contribution in [-0.4, -0.2) is 25.6 Å². The molecule has 16 heavy (non-hydrogen) atoms. The number of carbonyl (C=O) groups excluding carboxylic acids is 1. The van der Waals surface area contributed by atoms with E-state index >= 15 is 0 Å². The zero-order valence-corrected chi connectivity index (χ0v) is 10.2. The van der Waals surface area contributed by atoms with Gasteiger partial charge in [0, 0.05) is 6.04 Å². The molecule has 0 aromatic rings. The molecule has 2 aliphatic carbocycles. The lowest BCUT2D eigenvalue weighted by Crippen LogP contribution is -2.49. The fourth-order valence-corrected chi connectivity index (χ4v) is 3.60. The third-order valence-electron chi connectivity index (χ3n) is 3.75. The first-order valence-electron chi connectivity index (χ1n) is 5.68. The number of nitrogens with two attached hydrogens (primary N) is 1. The molecule has 0 heterocycles. The van der Waals surface area contributed by atoms with Gasteiger partial charge in [0.1, 0.15) is 0 Å². The van der Waals surface area contributed by atoms with Crippen LogP contribution in [0.4, 0.5) is 0 Å². The predicted molar refractivity (Wildman–Crippen MR) is 60.0 cm³/mol. The van der Waals surface area contributed by atoms with Gasteiger partial charge in [-0.25, -0.2) is 8.42 Å². The van der Waals surface area contributed by atoms with Crippen LogP contribution in [0.25, 0.3) is 0 Å². The van der Waals surface area contributed by atoms with Crippen LogP contribution in [0, 0.1) is 5.41 Å². The van der Waals surface area contributed by atoms with Crippen molar-refractivity contribution in [3.05, 3.63) is 0 Å². The van der Waals surface area contributed by atoms with Crippen molar-refractivity contribution in [2.45, 2.75) is 50.3 Å². The molecular formula is C10H18N2O3S. The molecule has 6 heteroatoms. The summed E-state index contributed by atoms with van der Waals surface area (Å²) in [6, 6.07) is -0.234. The van der Waals surface area contributed by atoms with Crippen LogP contribution in [0.2, 0.25) is 0 Å². The Bertz CT molecular complexity index is 402. The highest BCUT2D eigenvalue weighted by Gasteiger charge is 2.46. The van der Waals surface area contributed by atoms with E-state index in [-0.39, 0.29) is 11.3 Å². The van der Waals surface area contributed by atoms with E-state index in [1.807, 2.05) is 0 Å². The van der Waals surface area contributed by atoms with Crippen LogP contribution < -0.4 is 10.5 Å². The van der Waals surface area contributed by atoms with Crippen molar-refractivity contribution in [2.24, 2.45) is 11.1 Å². The van der Waals surface area contributed by atoms with Gasteiger partial charge in [0.2, 0.25) is 15.9 Å². The topological polar surface area (TPSA) is 89.3 Å². The third kappa shape index (κ3) is 1.96. The number of hydrogen-bond acceptors (Lipinski definition) is 4. The van der Waals surface area contributed by atoms with E-state index in [0.29, 0.717) is 19.3 Å². The lowest BCUT2D eigenvalue weighted by Gasteiger charge is -2.27. The average Bonchev–Trinajstić information content (AvgIpc) is 2.95. The van der Waals surface area contributed by atoms with Gasteiger partial charge in [0.25, 0.3) is 0 Å². The Labute approximate surface area is 95.8 Å². The molecule has 0 aromatic carbocycles. The van der Waals surface area contributed by atoms with Crippen molar-refractivity contribution in [2.75, 3.05) is 0 Å². The SMILES string of the molecule is CC1(C(=O)NS(=O)(=O)C2CC2)CCCC1N. The number of hydrogen-bond donors (Lipinski definition) is 2. The molecule has 0 bridgehead atoms. The first-order chi connectivity index (χ1) is 7.36. The molecule has 1 amide bonds. The van der Waals surface area contributed by atoms with Crippen molar-refractivity contribution in [1.29, 1.82) is 0 Å². The summed E-state index contributed by atoms with van der Waals surface area (Å²) in [6.07, 6.45) is 3.65. The summed E-state index contributed by atoms with van der Waals surface area (Å²) < 4.78 is 25.5. The van der Waals surface area contributed by atoms with Crippen LogP contribution in [0.1, 0.15) is 39.0 Å². The third-order valence-corrected chi connectivity index (χ3v) is 5.57. The first kappa shape index (κ1) is 11.9. The van der Waals surface area contributed by atoms with Crippen molar-refractivity contribution in [1.82, 2.24) is 4.72 Å². The van der Waals surface area contributed by atoms with Gasteiger partial charge in [-0.1, -0.05) is 6.42 Å². The van der Waals surface area contributed by atoms with Crippen molar-refractivity contribution >= 4 is 15.9 Å². The maximum absolute atomic E-state index is 12.0. The van der Waals surface area contributed by atoms with Crippen LogP contribution in [-0.2, 0) is 14.8 Å². The zero-order chi connectivity index (χ0) is 12.0. The lowest BCUT2D eigenvalue weighted by molar-refractivity contribution is -0.128. The van der Waals surface area contributed by atoms with Gasteiger partial charge in [-0.15, -0.1) is 0 Å². The van der Waals surface area contributed by atoms with E-state index in [0.717, 1.165) is 12.8 Å². The molecule has 0 spiro atoms. The first-order valence-corrected chi connectivity index (χ1v) is 7.22. The highest BCUT2D eigenvalue weighted by atomic mass is 32.2. The fraction of sp³-hybridized carbons (Fsp3) is 0.900. The fourth-order valence-electron chi connectivity index (χ4n) is 2.18. The second kappa shape index (κ2) is 3.70. The second-order valence-corrected chi connectivity index (χ2v) is 7.05. The van der Waals surface area contributed by atoms with Gasteiger partial charge in [-0.2, -0.15) is 0 Å². The molecule has 2 unspecified atom stereocenters. The molecule has 2 fully saturated rings. The molecule has 0 saturated heterocycles. The number of amides is 1. The number of rotatable bonds is 3. The summed E-state index contributed by atoms with van der Waals surface area (Å²) in [5.74, 6) is -0.426. The minimum Gasteiger partial charge on any atom is -0.327 e. The normalized spacial score (nSPS) is 35.0. The largest absolute Gasteiger partial charge is 0.327 e. The minimum absolute atomic E-state index is 0.234. The van der Waals surface area contributed by atoms with Gasteiger partial charge in [0.15, 0.2) is 0 Å². The van der Waals surface area contributed by atoms with Crippen LogP contribution in [0.3, 0.4) is 0 Å². The summed E-state index contributed by atoms with van der Waals surface area (Å²) in [7, 11) is -3.44. The summed E-state index contributed by atoms with van der Waals surface area (Å²) >= 11 is 0. The summed E-state index contributed by atoms with van der Waals surface area (Å²) in [5.41, 5.74) is 5.15. The predicted octanol–water partition coefficient (Wildman–Crippen LogP) is 0.112. The highest BCUT2D eigenvalue weighted by molar-refractivity contribution is 7.90. The number of carbonyl (C=O) groups is 1. The van der Waals surface area contributed by atoms with Crippen LogP contribution in [0.15, 0.2) is 0 Å². The Hall–Kier alpha value is -0.620. The van der Waals surface area contributed by atoms with Crippen LogP contribution >= 0.6 is 0 Å². The Morgan fingerprint density at radius 1 is 1.38 bits per heavy atom. The minimum atomic E-state index is -3.44. The Balaban J connectivity index is 2.08. The molecule has 2 rings (SSSR count). The second-order valence-electron chi connectivity index (χ2n) is 5.09. The molecule has 2 saturated carbocycles. The quantitative estimate of drug-likeness (QED) is 0.739. The molecule has 5 nitrogen and oxygen atoms in total. The molecular weight excluding hydrogens is 228 g/mol. The molecule has 92 valence electrons. The smallest absolute Gasteiger partial charge is 0.240 e. The van der Waals surface area contributed by atoms with Crippen molar-refractivity contribution in [3.63, 3.8) is 0 Å². The summed E-state index contributed by atoms with van der Waals surface area (Å²) in [5, 5.41) is -0.363. The van der Waals surface area contributed by atoms with Gasteiger partial charge in [-0.05, 0) is 32.6 Å². The number of nitrogens with one attached hydrogen (secondary N) is 1. The van der Waals surface area contributed by atoms with Crippen molar-refractivity contribution in [3.8, 4) is 0 Å². The van der Waals surface area contributed by atoms with E-state index in [4.69, 9.17) is 5.73 Å². The van der Waals surface area contributed by atoms with E-state index in [2.05, 4.69) is 4.72 Å². The maximum atomic E-state index is 12.0. The van der Waals surface area contributed by atoms with Gasteiger partial charge in [0.05, 0.1) is 10.7 Å². The number of sulfonamides is 1. The van der Waals surface area contributed by atoms with Crippen molar-refractivity contribution < 1.29 is 13.2 Å². The molecule has 3 N–H and O–H groups in total. The molecule has 2 atom stereocenters. The van der Waals surface area contributed by atoms with E-state index < -0.39 is 21.3 Å². The molecule has 2 aliphatic rings. The highest BCUT2D eigenvalue weighted by Crippen LogP contribution is 2.37. The van der Waals surface area contributed by atoms with Crippen LogP contribution in [0.5, 0.6) is 0 Å². The van der Waals surface area contributed by atoms with Gasteiger partial charge in [-0.3, -0.25) is 9.52 Å². The zero-order valence-electron chi connectivity index (χ0n) is 9.40.